The van der Waals surface area contributed by atoms with E-state index in [9.17, 15) is 4.79 Å². The van der Waals surface area contributed by atoms with Crippen molar-refractivity contribution in [2.45, 2.75) is 57.8 Å². The third kappa shape index (κ3) is 2.59. The molecule has 0 bridgehead atoms. The van der Waals surface area contributed by atoms with E-state index in [0.717, 1.165) is 5.92 Å². The first-order valence-corrected chi connectivity index (χ1v) is 6.59. The zero-order valence-electron chi connectivity index (χ0n) is 11.1. The molecule has 0 saturated heterocycles. The molecule has 92 valence electrons. The molecular formula is C16H22O. The number of hydrogen-bond donors (Lipinski definition) is 0. The first kappa shape index (κ1) is 12.3. The largest absolute Gasteiger partial charge is 0.300 e. The summed E-state index contributed by atoms with van der Waals surface area (Å²) in [5, 5.41) is 0. The SMILES string of the molecule is CC(=O)CC(C)(C)c1ccccc1C1CCC1. The van der Waals surface area contributed by atoms with Crippen molar-refractivity contribution in [2.75, 3.05) is 0 Å². The zero-order chi connectivity index (χ0) is 12.5. The maximum atomic E-state index is 11.4. The summed E-state index contributed by atoms with van der Waals surface area (Å²) in [7, 11) is 0. The van der Waals surface area contributed by atoms with Gasteiger partial charge in [0.1, 0.15) is 5.78 Å². The summed E-state index contributed by atoms with van der Waals surface area (Å²) in [4.78, 5) is 11.4. The summed E-state index contributed by atoms with van der Waals surface area (Å²) in [5.74, 6) is 1.01. The molecule has 1 aliphatic rings. The highest BCUT2D eigenvalue weighted by atomic mass is 16.1. The standard InChI is InChI=1S/C16H22O/c1-12(17)11-16(2,3)15-10-5-4-9-14(15)13-7-6-8-13/h4-5,9-10,13H,6-8,11H2,1-3H3. The minimum absolute atomic E-state index is 0.0297. The van der Waals surface area contributed by atoms with Gasteiger partial charge in [-0.2, -0.15) is 0 Å². The van der Waals surface area contributed by atoms with Crippen LogP contribution in [0.4, 0.5) is 0 Å². The molecule has 0 heterocycles. The molecule has 1 aliphatic carbocycles. The lowest BCUT2D eigenvalue weighted by Crippen LogP contribution is -2.24. The average Bonchev–Trinajstić information content (AvgIpc) is 2.13. The first-order valence-electron chi connectivity index (χ1n) is 6.59. The van der Waals surface area contributed by atoms with Crippen LogP contribution in [-0.2, 0) is 10.2 Å². The van der Waals surface area contributed by atoms with Crippen LogP contribution < -0.4 is 0 Å². The second kappa shape index (κ2) is 4.64. The van der Waals surface area contributed by atoms with Crippen molar-refractivity contribution in [3.8, 4) is 0 Å². The normalized spacial score (nSPS) is 16.6. The second-order valence-electron chi connectivity index (χ2n) is 5.98. The van der Waals surface area contributed by atoms with Gasteiger partial charge in [0.25, 0.3) is 0 Å². The smallest absolute Gasteiger partial charge is 0.130 e. The molecule has 2 rings (SSSR count). The number of rotatable bonds is 4. The fraction of sp³-hybridized carbons (Fsp3) is 0.562. The minimum atomic E-state index is -0.0297. The van der Waals surface area contributed by atoms with Crippen molar-refractivity contribution in [2.24, 2.45) is 0 Å². The lowest BCUT2D eigenvalue weighted by atomic mass is 9.71. The molecule has 0 unspecified atom stereocenters. The summed E-state index contributed by atoms with van der Waals surface area (Å²) in [6, 6.07) is 8.68. The highest BCUT2D eigenvalue weighted by Gasteiger charge is 2.29. The number of benzene rings is 1. The van der Waals surface area contributed by atoms with E-state index in [1.165, 1.54) is 30.4 Å². The van der Waals surface area contributed by atoms with Crippen LogP contribution in [0.25, 0.3) is 0 Å². The van der Waals surface area contributed by atoms with E-state index >= 15 is 0 Å². The Morgan fingerprint density at radius 3 is 2.47 bits per heavy atom. The fourth-order valence-corrected chi connectivity index (χ4v) is 2.91. The molecule has 1 nitrogen and oxygen atoms in total. The lowest BCUT2D eigenvalue weighted by Gasteiger charge is -2.33. The minimum Gasteiger partial charge on any atom is -0.300 e. The van der Waals surface area contributed by atoms with Crippen LogP contribution in [0.2, 0.25) is 0 Å². The third-order valence-corrected chi connectivity index (χ3v) is 3.93. The highest BCUT2D eigenvalue weighted by Crippen LogP contribution is 2.42. The summed E-state index contributed by atoms with van der Waals surface area (Å²) in [6.07, 6.45) is 4.61. The molecule has 0 spiro atoms. The molecule has 1 heteroatoms. The van der Waals surface area contributed by atoms with Gasteiger partial charge in [0.05, 0.1) is 0 Å². The van der Waals surface area contributed by atoms with E-state index in [1.54, 1.807) is 6.92 Å². The number of carbonyl (C=O) groups is 1. The zero-order valence-corrected chi connectivity index (χ0v) is 11.1. The molecule has 17 heavy (non-hydrogen) atoms. The van der Waals surface area contributed by atoms with Crippen LogP contribution in [0.5, 0.6) is 0 Å². The Labute approximate surface area is 104 Å². The maximum absolute atomic E-state index is 11.4. The molecule has 1 saturated carbocycles. The molecule has 1 aromatic rings. The van der Waals surface area contributed by atoms with Crippen LogP contribution in [0.3, 0.4) is 0 Å². The lowest BCUT2D eigenvalue weighted by molar-refractivity contribution is -0.118. The predicted molar refractivity (Wildman–Crippen MR) is 71.4 cm³/mol. The van der Waals surface area contributed by atoms with Crippen molar-refractivity contribution in [3.05, 3.63) is 35.4 Å². The number of hydrogen-bond acceptors (Lipinski definition) is 1. The Balaban J connectivity index is 2.33. The molecule has 0 atom stereocenters. The molecule has 1 aromatic carbocycles. The van der Waals surface area contributed by atoms with Crippen molar-refractivity contribution >= 4 is 5.78 Å². The van der Waals surface area contributed by atoms with Gasteiger partial charge in [0.15, 0.2) is 0 Å². The summed E-state index contributed by atoms with van der Waals surface area (Å²) < 4.78 is 0. The third-order valence-electron chi connectivity index (χ3n) is 3.93. The topological polar surface area (TPSA) is 17.1 Å². The number of Topliss-reactive ketones (excluding diaryl/α,β-unsaturated/α-hetero) is 1. The van der Waals surface area contributed by atoms with Gasteiger partial charge in [-0.25, -0.2) is 0 Å². The predicted octanol–water partition coefficient (Wildman–Crippen LogP) is 4.21. The van der Waals surface area contributed by atoms with Crippen LogP contribution in [-0.4, -0.2) is 5.78 Å². The van der Waals surface area contributed by atoms with Crippen molar-refractivity contribution in [1.29, 1.82) is 0 Å². The van der Waals surface area contributed by atoms with E-state index in [2.05, 4.69) is 38.1 Å². The quantitative estimate of drug-likeness (QED) is 0.757. The highest BCUT2D eigenvalue weighted by molar-refractivity contribution is 5.77. The Morgan fingerprint density at radius 1 is 1.29 bits per heavy atom. The summed E-state index contributed by atoms with van der Waals surface area (Å²) in [5.41, 5.74) is 2.82. The molecule has 0 amide bonds. The van der Waals surface area contributed by atoms with Crippen molar-refractivity contribution in [1.82, 2.24) is 0 Å². The van der Waals surface area contributed by atoms with Crippen LogP contribution in [0, 0.1) is 0 Å². The van der Waals surface area contributed by atoms with E-state index in [0.29, 0.717) is 6.42 Å². The monoisotopic (exact) mass is 230 g/mol. The van der Waals surface area contributed by atoms with E-state index in [1.807, 2.05) is 0 Å². The summed E-state index contributed by atoms with van der Waals surface area (Å²) in [6.45, 7) is 6.06. The Hall–Kier alpha value is -1.11. The van der Waals surface area contributed by atoms with Gasteiger partial charge >= 0.3 is 0 Å². The van der Waals surface area contributed by atoms with Crippen LogP contribution in [0.15, 0.2) is 24.3 Å². The molecule has 1 fully saturated rings. The van der Waals surface area contributed by atoms with E-state index < -0.39 is 0 Å². The van der Waals surface area contributed by atoms with Gasteiger partial charge < -0.3 is 0 Å². The Morgan fingerprint density at radius 2 is 1.94 bits per heavy atom. The van der Waals surface area contributed by atoms with Crippen LogP contribution in [0.1, 0.15) is 63.5 Å². The molecule has 0 radical (unpaired) electrons. The van der Waals surface area contributed by atoms with Gasteiger partial charge in [-0.15, -0.1) is 0 Å². The fourth-order valence-electron chi connectivity index (χ4n) is 2.91. The molecule has 0 aromatic heterocycles. The Bertz CT molecular complexity index is 413. The maximum Gasteiger partial charge on any atom is 0.130 e. The number of carbonyl (C=O) groups excluding carboxylic acids is 1. The molecular weight excluding hydrogens is 208 g/mol. The first-order chi connectivity index (χ1) is 8.00. The summed E-state index contributed by atoms with van der Waals surface area (Å²) >= 11 is 0. The average molecular weight is 230 g/mol. The van der Waals surface area contributed by atoms with Gasteiger partial charge in [0.2, 0.25) is 0 Å². The van der Waals surface area contributed by atoms with Gasteiger partial charge in [-0.3, -0.25) is 4.79 Å². The van der Waals surface area contributed by atoms with Gasteiger partial charge in [-0.1, -0.05) is 44.5 Å². The van der Waals surface area contributed by atoms with Gasteiger partial charge in [-0.05, 0) is 42.2 Å². The van der Waals surface area contributed by atoms with Gasteiger partial charge in [0, 0.05) is 6.42 Å². The second-order valence-corrected chi connectivity index (χ2v) is 5.98. The van der Waals surface area contributed by atoms with Crippen LogP contribution >= 0.6 is 0 Å². The van der Waals surface area contributed by atoms with Crippen molar-refractivity contribution < 1.29 is 4.79 Å². The van der Waals surface area contributed by atoms with Crippen molar-refractivity contribution in [3.63, 3.8) is 0 Å². The number of ketones is 1. The molecule has 0 aliphatic heterocycles. The van der Waals surface area contributed by atoms with E-state index in [4.69, 9.17) is 0 Å². The van der Waals surface area contributed by atoms with E-state index in [-0.39, 0.29) is 11.2 Å². The Kier molecular flexibility index (Phi) is 3.37. The molecule has 0 N–H and O–H groups in total.